The summed E-state index contributed by atoms with van der Waals surface area (Å²) in [6.45, 7) is -0.661. The van der Waals surface area contributed by atoms with Crippen molar-refractivity contribution in [2.75, 3.05) is 4.72 Å². The van der Waals surface area contributed by atoms with Crippen molar-refractivity contribution < 1.29 is 17.9 Å². The van der Waals surface area contributed by atoms with E-state index in [1.807, 2.05) is 0 Å². The van der Waals surface area contributed by atoms with Crippen LogP contribution >= 0.6 is 23.2 Å². The summed E-state index contributed by atoms with van der Waals surface area (Å²) in [7, 11) is -4.20. The van der Waals surface area contributed by atoms with E-state index >= 15 is 0 Å². The quantitative estimate of drug-likeness (QED) is 0.888. The van der Waals surface area contributed by atoms with Crippen molar-refractivity contribution in [3.8, 4) is 0 Å². The average Bonchev–Trinajstić information content (AvgIpc) is 2.40. The zero-order valence-corrected chi connectivity index (χ0v) is 12.8. The predicted octanol–water partition coefficient (Wildman–Crippen LogP) is 3.43. The summed E-state index contributed by atoms with van der Waals surface area (Å²) in [4.78, 5) is -0.640. The van der Waals surface area contributed by atoms with E-state index in [1.165, 1.54) is 12.1 Å². The molecule has 0 aliphatic carbocycles. The molecule has 0 radical (unpaired) electrons. The third kappa shape index (κ3) is 3.65. The van der Waals surface area contributed by atoms with Gasteiger partial charge in [0.1, 0.15) is 10.7 Å². The Bertz CT molecular complexity index is 781. The van der Waals surface area contributed by atoms with Gasteiger partial charge in [-0.1, -0.05) is 29.3 Å². The van der Waals surface area contributed by atoms with Crippen molar-refractivity contribution in [3.05, 3.63) is 57.8 Å². The summed E-state index contributed by atoms with van der Waals surface area (Å²) in [5, 5.41) is 9.37. The molecule has 0 saturated heterocycles. The van der Waals surface area contributed by atoms with Crippen molar-refractivity contribution in [1.29, 1.82) is 0 Å². The molecule has 0 unspecified atom stereocenters. The second-order valence-electron chi connectivity index (χ2n) is 4.15. The van der Waals surface area contributed by atoms with Crippen molar-refractivity contribution >= 4 is 38.9 Å². The number of halogens is 3. The van der Waals surface area contributed by atoms with Crippen LogP contribution in [0.15, 0.2) is 41.3 Å². The average molecular weight is 350 g/mol. The Morgan fingerprint density at radius 2 is 1.86 bits per heavy atom. The number of aliphatic hydroxyl groups is 1. The Kier molecular flexibility index (Phi) is 4.73. The Balaban J connectivity index is 2.47. The van der Waals surface area contributed by atoms with E-state index in [2.05, 4.69) is 4.72 Å². The van der Waals surface area contributed by atoms with E-state index in [4.69, 9.17) is 28.3 Å². The van der Waals surface area contributed by atoms with Crippen LogP contribution < -0.4 is 4.72 Å². The molecule has 0 aliphatic heterocycles. The minimum Gasteiger partial charge on any atom is -0.392 e. The third-order valence-electron chi connectivity index (χ3n) is 2.62. The number of hydrogen-bond donors (Lipinski definition) is 2. The molecule has 0 atom stereocenters. The first kappa shape index (κ1) is 16.0. The van der Waals surface area contributed by atoms with Crippen LogP contribution in [0.25, 0.3) is 0 Å². The Morgan fingerprint density at radius 1 is 1.14 bits per heavy atom. The number of benzene rings is 2. The highest BCUT2D eigenvalue weighted by Crippen LogP contribution is 2.26. The first-order valence-electron chi connectivity index (χ1n) is 5.70. The molecule has 0 aliphatic rings. The minimum absolute atomic E-state index is 0.00641. The Morgan fingerprint density at radius 3 is 2.48 bits per heavy atom. The molecule has 8 heteroatoms. The van der Waals surface area contributed by atoms with E-state index in [9.17, 15) is 12.8 Å². The van der Waals surface area contributed by atoms with Gasteiger partial charge < -0.3 is 5.11 Å². The molecule has 2 aromatic carbocycles. The Hall–Kier alpha value is -1.34. The van der Waals surface area contributed by atoms with Gasteiger partial charge in [-0.05, 0) is 30.3 Å². The molecule has 2 N–H and O–H groups in total. The fourth-order valence-corrected chi connectivity index (χ4v) is 3.38. The molecule has 0 spiro atoms. The number of rotatable bonds is 4. The number of anilines is 1. The highest BCUT2D eigenvalue weighted by Gasteiger charge is 2.22. The smallest absolute Gasteiger partial charge is 0.264 e. The normalized spacial score (nSPS) is 11.4. The van der Waals surface area contributed by atoms with Crippen molar-refractivity contribution in [2.45, 2.75) is 11.5 Å². The zero-order valence-electron chi connectivity index (χ0n) is 10.5. The SMILES string of the molecule is O=S(=O)(Nc1cccc(Cl)c1)c1cc(Cl)cc(CO)c1F. The maximum Gasteiger partial charge on any atom is 0.264 e. The molecule has 0 bridgehead atoms. The molecule has 112 valence electrons. The lowest BCUT2D eigenvalue weighted by Crippen LogP contribution is -2.15. The van der Waals surface area contributed by atoms with Gasteiger partial charge in [-0.2, -0.15) is 0 Å². The van der Waals surface area contributed by atoms with Crippen LogP contribution in [0.4, 0.5) is 10.1 Å². The summed E-state index contributed by atoms with van der Waals surface area (Å²) in [5.74, 6) is -1.04. The summed E-state index contributed by atoms with van der Waals surface area (Å²) in [5.41, 5.74) is -0.0126. The maximum absolute atomic E-state index is 14.1. The number of aliphatic hydroxyl groups excluding tert-OH is 1. The van der Waals surface area contributed by atoms with Gasteiger partial charge in [-0.15, -0.1) is 0 Å². The first-order chi connectivity index (χ1) is 9.83. The Labute approximate surface area is 131 Å². The van der Waals surface area contributed by atoms with E-state index < -0.39 is 27.3 Å². The fourth-order valence-electron chi connectivity index (χ4n) is 1.69. The van der Waals surface area contributed by atoms with Gasteiger partial charge in [0.05, 0.1) is 12.3 Å². The molecule has 0 amide bonds. The van der Waals surface area contributed by atoms with Crippen molar-refractivity contribution in [1.82, 2.24) is 0 Å². The maximum atomic E-state index is 14.1. The van der Waals surface area contributed by atoms with Gasteiger partial charge in [0.25, 0.3) is 10.0 Å². The van der Waals surface area contributed by atoms with Gasteiger partial charge in [0.2, 0.25) is 0 Å². The fraction of sp³-hybridized carbons (Fsp3) is 0.0769. The predicted molar refractivity (Wildman–Crippen MR) is 79.6 cm³/mol. The second kappa shape index (κ2) is 6.19. The summed E-state index contributed by atoms with van der Waals surface area (Å²) in [6.07, 6.45) is 0. The minimum atomic E-state index is -4.20. The zero-order chi connectivity index (χ0) is 15.6. The van der Waals surface area contributed by atoms with Crippen LogP contribution in [-0.2, 0) is 16.6 Å². The summed E-state index contributed by atoms with van der Waals surface area (Å²) in [6, 6.07) is 8.11. The van der Waals surface area contributed by atoms with E-state index in [0.29, 0.717) is 5.02 Å². The molecule has 21 heavy (non-hydrogen) atoms. The monoisotopic (exact) mass is 349 g/mol. The lowest BCUT2D eigenvalue weighted by molar-refractivity contribution is 0.274. The number of sulfonamides is 1. The molecule has 2 rings (SSSR count). The molecular weight excluding hydrogens is 340 g/mol. The molecule has 0 heterocycles. The van der Waals surface area contributed by atoms with E-state index in [0.717, 1.165) is 12.1 Å². The van der Waals surface area contributed by atoms with Crippen LogP contribution in [0.1, 0.15) is 5.56 Å². The van der Waals surface area contributed by atoms with Crippen LogP contribution in [0.2, 0.25) is 10.0 Å². The van der Waals surface area contributed by atoms with Crippen LogP contribution in [0, 0.1) is 5.82 Å². The second-order valence-corrected chi connectivity index (χ2v) is 6.67. The molecule has 2 aromatic rings. The van der Waals surface area contributed by atoms with Crippen molar-refractivity contribution in [3.63, 3.8) is 0 Å². The lowest BCUT2D eigenvalue weighted by atomic mass is 10.2. The summed E-state index contributed by atoms with van der Waals surface area (Å²) >= 11 is 11.5. The molecule has 0 aromatic heterocycles. The van der Waals surface area contributed by atoms with Crippen LogP contribution in [0.5, 0.6) is 0 Å². The van der Waals surface area contributed by atoms with Gasteiger partial charge in [0.15, 0.2) is 0 Å². The van der Waals surface area contributed by atoms with Gasteiger partial charge >= 0.3 is 0 Å². The third-order valence-corrected chi connectivity index (χ3v) is 4.45. The van der Waals surface area contributed by atoms with Crippen molar-refractivity contribution in [2.24, 2.45) is 0 Å². The number of nitrogens with one attached hydrogen (secondary N) is 1. The number of hydrogen-bond acceptors (Lipinski definition) is 3. The standard InChI is InChI=1S/C13H10Cl2FNO3S/c14-9-2-1-3-11(5-9)17-21(19,20)12-6-10(15)4-8(7-18)13(12)16/h1-6,17-18H,7H2. The first-order valence-corrected chi connectivity index (χ1v) is 7.94. The van der Waals surface area contributed by atoms with Gasteiger partial charge in [0, 0.05) is 15.6 Å². The van der Waals surface area contributed by atoms with Gasteiger partial charge in [-0.25, -0.2) is 12.8 Å². The van der Waals surface area contributed by atoms with E-state index in [1.54, 1.807) is 12.1 Å². The molecule has 4 nitrogen and oxygen atoms in total. The highest BCUT2D eigenvalue weighted by atomic mass is 35.5. The van der Waals surface area contributed by atoms with Crippen LogP contribution in [-0.4, -0.2) is 13.5 Å². The molecular formula is C13H10Cl2FNO3S. The highest BCUT2D eigenvalue weighted by molar-refractivity contribution is 7.92. The topological polar surface area (TPSA) is 66.4 Å². The largest absolute Gasteiger partial charge is 0.392 e. The molecule has 0 saturated carbocycles. The molecule has 0 fully saturated rings. The van der Waals surface area contributed by atoms with E-state index in [-0.39, 0.29) is 16.3 Å². The summed E-state index contributed by atoms with van der Waals surface area (Å²) < 4.78 is 40.7. The van der Waals surface area contributed by atoms with Gasteiger partial charge in [-0.3, -0.25) is 4.72 Å². The lowest BCUT2D eigenvalue weighted by Gasteiger charge is -2.11. The van der Waals surface area contributed by atoms with Crippen LogP contribution in [0.3, 0.4) is 0 Å².